The minimum absolute atomic E-state index is 0.0164. The summed E-state index contributed by atoms with van der Waals surface area (Å²) in [6, 6.07) is 12.4. The third kappa shape index (κ3) is 4.46. The Balaban J connectivity index is 1.78. The standard InChI is InChI=1S/C17H13ClFN5O3/c18-12-8-11(6-7-13(12)19)21-16(22-26)15-14(23-27-24-15)9-20-17(25)10-4-2-1-3-5-10/h1-8,26H,9H2,(H,20,25)(H,21,22). The molecule has 1 amide bonds. The minimum atomic E-state index is -0.596. The summed E-state index contributed by atoms with van der Waals surface area (Å²) in [5, 5.41) is 19.3. The van der Waals surface area contributed by atoms with Crippen molar-refractivity contribution >= 4 is 29.0 Å². The average molecular weight is 390 g/mol. The summed E-state index contributed by atoms with van der Waals surface area (Å²) in [6.07, 6.45) is 0. The van der Waals surface area contributed by atoms with E-state index in [1.165, 1.54) is 12.1 Å². The zero-order valence-corrected chi connectivity index (χ0v) is 14.4. The molecule has 0 bridgehead atoms. The summed E-state index contributed by atoms with van der Waals surface area (Å²) in [7, 11) is 0. The van der Waals surface area contributed by atoms with Crippen LogP contribution in [-0.4, -0.2) is 27.3 Å². The van der Waals surface area contributed by atoms with Gasteiger partial charge in [0.2, 0.25) is 0 Å². The van der Waals surface area contributed by atoms with Gasteiger partial charge < -0.3 is 5.32 Å². The number of nitrogens with one attached hydrogen (secondary N) is 2. The van der Waals surface area contributed by atoms with E-state index in [-0.39, 0.29) is 40.4 Å². The number of carbonyl (C=O) groups excluding carboxylic acids is 1. The highest BCUT2D eigenvalue weighted by molar-refractivity contribution is 6.31. The summed E-state index contributed by atoms with van der Waals surface area (Å²) < 4.78 is 17.9. The fraction of sp³-hybridized carbons (Fsp3) is 0.0588. The van der Waals surface area contributed by atoms with Crippen LogP contribution < -0.4 is 10.8 Å². The number of nitrogens with zero attached hydrogens (tertiary/aromatic N) is 3. The first-order chi connectivity index (χ1) is 13.1. The second-order valence-electron chi connectivity index (χ2n) is 5.28. The van der Waals surface area contributed by atoms with Gasteiger partial charge in [0.15, 0.2) is 11.5 Å². The van der Waals surface area contributed by atoms with Gasteiger partial charge in [-0.05, 0) is 35.5 Å². The van der Waals surface area contributed by atoms with E-state index in [0.29, 0.717) is 5.56 Å². The maximum absolute atomic E-state index is 13.2. The molecule has 0 saturated heterocycles. The number of amides is 1. The van der Waals surface area contributed by atoms with E-state index < -0.39 is 5.82 Å². The summed E-state index contributed by atoms with van der Waals surface area (Å²) in [5.74, 6) is -1.02. The van der Waals surface area contributed by atoms with E-state index in [9.17, 15) is 14.4 Å². The average Bonchev–Trinajstić information content (AvgIpc) is 3.16. The van der Waals surface area contributed by atoms with Crippen LogP contribution in [0.5, 0.6) is 0 Å². The number of carbonyl (C=O) groups is 1. The van der Waals surface area contributed by atoms with Gasteiger partial charge in [-0.1, -0.05) is 35.0 Å². The van der Waals surface area contributed by atoms with Crippen molar-refractivity contribution in [3.05, 3.63) is 76.3 Å². The Morgan fingerprint density at radius 3 is 2.70 bits per heavy atom. The summed E-state index contributed by atoms with van der Waals surface area (Å²) in [5.41, 5.74) is 2.93. The van der Waals surface area contributed by atoms with Crippen LogP contribution in [0.25, 0.3) is 0 Å². The quantitative estimate of drug-likeness (QED) is 0.351. The van der Waals surface area contributed by atoms with E-state index in [1.807, 2.05) is 5.48 Å². The van der Waals surface area contributed by atoms with Crippen molar-refractivity contribution in [1.82, 2.24) is 21.1 Å². The lowest BCUT2D eigenvalue weighted by molar-refractivity contribution is 0.0950. The lowest BCUT2D eigenvalue weighted by atomic mass is 10.2. The van der Waals surface area contributed by atoms with E-state index in [4.69, 9.17) is 11.6 Å². The Morgan fingerprint density at radius 1 is 1.22 bits per heavy atom. The van der Waals surface area contributed by atoms with E-state index in [0.717, 1.165) is 6.07 Å². The molecule has 3 rings (SSSR count). The van der Waals surface area contributed by atoms with E-state index in [1.54, 1.807) is 30.3 Å². The molecule has 0 aliphatic rings. The number of aliphatic imine (C=N–C) groups is 1. The lowest BCUT2D eigenvalue weighted by Crippen LogP contribution is -2.26. The monoisotopic (exact) mass is 389 g/mol. The molecule has 2 aromatic carbocycles. The Bertz CT molecular complexity index is 978. The molecule has 0 fully saturated rings. The molecule has 10 heteroatoms. The zero-order valence-electron chi connectivity index (χ0n) is 13.7. The molecule has 138 valence electrons. The van der Waals surface area contributed by atoms with Crippen LogP contribution >= 0.6 is 11.6 Å². The van der Waals surface area contributed by atoms with E-state index >= 15 is 0 Å². The molecule has 0 unspecified atom stereocenters. The summed E-state index contributed by atoms with van der Waals surface area (Å²) in [6.45, 7) is -0.0164. The number of hydrogen-bond donors (Lipinski definition) is 3. The van der Waals surface area contributed by atoms with Gasteiger partial charge in [0.05, 0.1) is 17.3 Å². The van der Waals surface area contributed by atoms with Crippen LogP contribution in [0.4, 0.5) is 10.1 Å². The first kappa shape index (κ1) is 18.5. The third-order valence-electron chi connectivity index (χ3n) is 3.48. The number of rotatable bonds is 5. The fourth-order valence-electron chi connectivity index (χ4n) is 2.17. The predicted octanol–water partition coefficient (Wildman–Crippen LogP) is 2.85. The van der Waals surface area contributed by atoms with Gasteiger partial charge in [-0.2, -0.15) is 0 Å². The Hall–Kier alpha value is -3.30. The second kappa shape index (κ2) is 8.39. The van der Waals surface area contributed by atoms with Gasteiger partial charge in [-0.15, -0.1) is 0 Å². The molecule has 3 aromatic rings. The van der Waals surface area contributed by atoms with Gasteiger partial charge in [-0.25, -0.2) is 14.0 Å². The van der Waals surface area contributed by atoms with Crippen molar-refractivity contribution in [2.45, 2.75) is 6.54 Å². The predicted molar refractivity (Wildman–Crippen MR) is 94.4 cm³/mol. The second-order valence-corrected chi connectivity index (χ2v) is 5.69. The largest absolute Gasteiger partial charge is 0.346 e. The summed E-state index contributed by atoms with van der Waals surface area (Å²) >= 11 is 5.72. The number of aromatic nitrogens is 2. The van der Waals surface area contributed by atoms with Crippen molar-refractivity contribution in [2.75, 3.05) is 0 Å². The Kier molecular flexibility index (Phi) is 5.74. The van der Waals surface area contributed by atoms with Crippen LogP contribution in [0.15, 0.2) is 58.2 Å². The SMILES string of the molecule is O=C(NCc1nonc1C(=Nc1ccc(F)c(Cl)c1)NO)c1ccccc1. The molecule has 8 nitrogen and oxygen atoms in total. The van der Waals surface area contributed by atoms with Gasteiger partial charge in [0.1, 0.15) is 11.5 Å². The molecular formula is C17H13ClFN5O3. The number of benzene rings is 2. The van der Waals surface area contributed by atoms with Crippen LogP contribution in [-0.2, 0) is 6.54 Å². The first-order valence-corrected chi connectivity index (χ1v) is 8.05. The fourth-order valence-corrected chi connectivity index (χ4v) is 2.35. The van der Waals surface area contributed by atoms with Crippen LogP contribution in [0.3, 0.4) is 0 Å². The van der Waals surface area contributed by atoms with Crippen molar-refractivity contribution < 1.29 is 19.0 Å². The molecule has 0 aliphatic heterocycles. The highest BCUT2D eigenvalue weighted by Gasteiger charge is 2.17. The van der Waals surface area contributed by atoms with Crippen molar-refractivity contribution in [1.29, 1.82) is 0 Å². The molecular weight excluding hydrogens is 377 g/mol. The molecule has 0 radical (unpaired) electrons. The molecule has 0 aliphatic carbocycles. The number of hydrogen-bond acceptors (Lipinski definition) is 6. The smallest absolute Gasteiger partial charge is 0.251 e. The molecule has 1 aromatic heterocycles. The normalized spacial score (nSPS) is 11.3. The highest BCUT2D eigenvalue weighted by Crippen LogP contribution is 2.22. The van der Waals surface area contributed by atoms with Gasteiger partial charge in [-0.3, -0.25) is 15.5 Å². The molecule has 0 saturated carbocycles. The lowest BCUT2D eigenvalue weighted by Gasteiger charge is -2.05. The van der Waals surface area contributed by atoms with Crippen molar-refractivity contribution in [3.63, 3.8) is 0 Å². The number of amidine groups is 1. The molecule has 3 N–H and O–H groups in total. The molecule has 0 atom stereocenters. The number of hydroxylamine groups is 1. The highest BCUT2D eigenvalue weighted by atomic mass is 35.5. The Labute approximate surface area is 157 Å². The van der Waals surface area contributed by atoms with Gasteiger partial charge in [0.25, 0.3) is 5.91 Å². The van der Waals surface area contributed by atoms with E-state index in [2.05, 4.69) is 25.3 Å². The molecule has 0 spiro atoms. The Morgan fingerprint density at radius 2 is 2.00 bits per heavy atom. The van der Waals surface area contributed by atoms with Crippen LogP contribution in [0.2, 0.25) is 5.02 Å². The summed E-state index contributed by atoms with van der Waals surface area (Å²) in [4.78, 5) is 16.2. The van der Waals surface area contributed by atoms with Gasteiger partial charge >= 0.3 is 0 Å². The van der Waals surface area contributed by atoms with Crippen molar-refractivity contribution in [3.8, 4) is 0 Å². The molecule has 1 heterocycles. The van der Waals surface area contributed by atoms with Crippen LogP contribution in [0.1, 0.15) is 21.7 Å². The topological polar surface area (TPSA) is 113 Å². The van der Waals surface area contributed by atoms with Crippen LogP contribution in [0, 0.1) is 5.82 Å². The van der Waals surface area contributed by atoms with Crippen molar-refractivity contribution in [2.24, 2.45) is 4.99 Å². The minimum Gasteiger partial charge on any atom is -0.346 e. The number of halogens is 2. The first-order valence-electron chi connectivity index (χ1n) is 7.67. The zero-order chi connectivity index (χ0) is 19.2. The maximum Gasteiger partial charge on any atom is 0.251 e. The third-order valence-corrected chi connectivity index (χ3v) is 3.77. The van der Waals surface area contributed by atoms with Gasteiger partial charge in [0, 0.05) is 5.56 Å². The molecule has 27 heavy (non-hydrogen) atoms. The maximum atomic E-state index is 13.2.